The van der Waals surface area contributed by atoms with Gasteiger partial charge in [0, 0.05) is 36.0 Å². The first-order valence-corrected chi connectivity index (χ1v) is 9.41. The maximum Gasteiger partial charge on any atom is 0.321 e. The molecule has 4 nitrogen and oxygen atoms in total. The van der Waals surface area contributed by atoms with Gasteiger partial charge in [0.15, 0.2) is 0 Å². The molecule has 1 N–H and O–H groups in total. The van der Waals surface area contributed by atoms with Crippen LogP contribution in [0.25, 0.3) is 0 Å². The minimum absolute atomic E-state index is 0.466. The van der Waals surface area contributed by atoms with Gasteiger partial charge in [0.1, 0.15) is 6.04 Å². The average Bonchev–Trinajstić information content (AvgIpc) is 2.62. The molecule has 0 unspecified atom stereocenters. The summed E-state index contributed by atoms with van der Waals surface area (Å²) in [6.07, 6.45) is 0.537. The van der Waals surface area contributed by atoms with Crippen LogP contribution in [-0.4, -0.2) is 60.1 Å². The van der Waals surface area contributed by atoms with Crippen molar-refractivity contribution in [3.05, 3.63) is 60.2 Å². The summed E-state index contributed by atoms with van der Waals surface area (Å²) in [4.78, 5) is 18.5. The minimum atomic E-state index is -0.732. The molecule has 1 fully saturated rings. The number of hydrogen-bond acceptors (Lipinski definition) is 4. The monoisotopic (exact) mass is 356 g/mol. The van der Waals surface area contributed by atoms with Gasteiger partial charge in [-0.2, -0.15) is 0 Å². The van der Waals surface area contributed by atoms with Gasteiger partial charge in [-0.3, -0.25) is 9.69 Å². The zero-order valence-corrected chi connectivity index (χ0v) is 15.3. The second kappa shape index (κ2) is 8.52. The van der Waals surface area contributed by atoms with Gasteiger partial charge < -0.3 is 10.0 Å². The van der Waals surface area contributed by atoms with Crippen molar-refractivity contribution in [1.29, 1.82) is 0 Å². The van der Waals surface area contributed by atoms with E-state index < -0.39 is 12.0 Å². The Kier molecular flexibility index (Phi) is 6.13. The molecule has 2 aromatic rings. The lowest BCUT2D eigenvalue weighted by Gasteiger charge is -2.36. The number of aliphatic carboxylic acids is 1. The topological polar surface area (TPSA) is 43.8 Å². The van der Waals surface area contributed by atoms with Gasteiger partial charge in [0.2, 0.25) is 0 Å². The summed E-state index contributed by atoms with van der Waals surface area (Å²) < 4.78 is 0. The summed E-state index contributed by atoms with van der Waals surface area (Å²) in [6, 6.07) is 17.9. The van der Waals surface area contributed by atoms with E-state index in [1.165, 1.54) is 4.90 Å². The van der Waals surface area contributed by atoms with E-state index in [1.54, 1.807) is 11.8 Å². The third-order valence-electron chi connectivity index (χ3n) is 4.62. The lowest BCUT2D eigenvalue weighted by atomic mass is 10.0. The van der Waals surface area contributed by atoms with Gasteiger partial charge in [-0.25, -0.2) is 0 Å². The molecule has 0 aromatic heterocycles. The molecule has 1 aliphatic heterocycles. The summed E-state index contributed by atoms with van der Waals surface area (Å²) in [5, 5.41) is 9.77. The second-order valence-electron chi connectivity index (χ2n) is 6.42. The van der Waals surface area contributed by atoms with E-state index in [4.69, 9.17) is 0 Å². The molecule has 1 aliphatic rings. The van der Waals surface area contributed by atoms with Gasteiger partial charge in [0.25, 0.3) is 0 Å². The molecule has 0 radical (unpaired) electrons. The number of carbonyl (C=O) groups is 1. The van der Waals surface area contributed by atoms with Gasteiger partial charge in [-0.05, 0) is 37.2 Å². The Morgan fingerprint density at radius 1 is 1.04 bits per heavy atom. The van der Waals surface area contributed by atoms with Crippen molar-refractivity contribution in [3.8, 4) is 0 Å². The Bertz CT molecular complexity index is 700. The van der Waals surface area contributed by atoms with Crippen molar-refractivity contribution in [2.24, 2.45) is 0 Å². The maximum atomic E-state index is 11.9. The quantitative estimate of drug-likeness (QED) is 0.862. The highest BCUT2D eigenvalue weighted by Crippen LogP contribution is 2.31. The van der Waals surface area contributed by atoms with Crippen molar-refractivity contribution in [2.45, 2.75) is 22.3 Å². The number of likely N-dealkylation sites (N-methyl/N-ethyl adjacent to an activating group) is 1. The zero-order valence-electron chi connectivity index (χ0n) is 14.5. The third-order valence-corrected chi connectivity index (χ3v) is 5.75. The predicted molar refractivity (Wildman–Crippen MR) is 101 cm³/mol. The van der Waals surface area contributed by atoms with Crippen molar-refractivity contribution < 1.29 is 9.90 Å². The Labute approximate surface area is 153 Å². The number of carboxylic acids is 1. The highest BCUT2D eigenvalue weighted by molar-refractivity contribution is 7.99. The molecule has 0 saturated carbocycles. The maximum absolute atomic E-state index is 11.9. The number of piperazine rings is 1. The Morgan fingerprint density at radius 2 is 1.68 bits per heavy atom. The molecule has 132 valence electrons. The van der Waals surface area contributed by atoms with Crippen LogP contribution in [0.15, 0.2) is 64.4 Å². The number of carboxylic acid groups (broad SMARTS) is 1. The number of rotatable bonds is 6. The van der Waals surface area contributed by atoms with E-state index in [9.17, 15) is 9.90 Å². The van der Waals surface area contributed by atoms with Crippen LogP contribution in [0.1, 0.15) is 5.56 Å². The first-order chi connectivity index (χ1) is 12.1. The largest absolute Gasteiger partial charge is 0.480 e. The van der Waals surface area contributed by atoms with E-state index in [1.807, 2.05) is 30.3 Å². The first kappa shape index (κ1) is 18.0. The third kappa shape index (κ3) is 4.84. The van der Waals surface area contributed by atoms with E-state index in [0.717, 1.165) is 36.6 Å². The summed E-state index contributed by atoms with van der Waals surface area (Å²) in [5.74, 6) is -0.732. The molecule has 1 heterocycles. The molecule has 2 aromatic carbocycles. The summed E-state index contributed by atoms with van der Waals surface area (Å²) >= 11 is 1.70. The van der Waals surface area contributed by atoms with Crippen LogP contribution < -0.4 is 0 Å². The van der Waals surface area contributed by atoms with Crippen molar-refractivity contribution in [2.75, 3.05) is 33.2 Å². The van der Waals surface area contributed by atoms with Crippen LogP contribution in [0.2, 0.25) is 0 Å². The molecule has 0 spiro atoms. The molecule has 5 heteroatoms. The lowest BCUT2D eigenvalue weighted by Crippen LogP contribution is -2.52. The van der Waals surface area contributed by atoms with E-state index >= 15 is 0 Å². The van der Waals surface area contributed by atoms with Crippen LogP contribution in [0, 0.1) is 0 Å². The van der Waals surface area contributed by atoms with Gasteiger partial charge in [-0.15, -0.1) is 0 Å². The predicted octanol–water partition coefficient (Wildman–Crippen LogP) is 3.08. The fourth-order valence-electron chi connectivity index (χ4n) is 3.10. The lowest BCUT2D eigenvalue weighted by molar-refractivity contribution is -0.144. The normalized spacial score (nSPS) is 17.3. The van der Waals surface area contributed by atoms with E-state index in [0.29, 0.717) is 6.42 Å². The smallest absolute Gasteiger partial charge is 0.321 e. The molecule has 0 bridgehead atoms. The molecular formula is C20H24N2O2S. The Morgan fingerprint density at radius 3 is 2.36 bits per heavy atom. The van der Waals surface area contributed by atoms with Crippen LogP contribution in [0.3, 0.4) is 0 Å². The Hall–Kier alpha value is -1.82. The van der Waals surface area contributed by atoms with Gasteiger partial charge in [0.05, 0.1) is 0 Å². The number of hydrogen-bond donors (Lipinski definition) is 1. The van der Waals surface area contributed by atoms with E-state index in [2.05, 4.69) is 41.1 Å². The number of benzene rings is 2. The highest BCUT2D eigenvalue weighted by atomic mass is 32.2. The molecular weight excluding hydrogens is 332 g/mol. The van der Waals surface area contributed by atoms with Crippen LogP contribution in [-0.2, 0) is 11.2 Å². The SMILES string of the molecule is CN1CCN([C@H](Cc2ccccc2Sc2ccccc2)C(=O)O)CC1. The minimum Gasteiger partial charge on any atom is -0.480 e. The molecule has 3 rings (SSSR count). The standard InChI is InChI=1S/C20H24N2O2S/c1-21-11-13-22(14-12-21)18(20(23)24)15-16-7-5-6-10-19(16)25-17-8-3-2-4-9-17/h2-10,18H,11-15H2,1H3,(H,23,24)/t18-/m1/s1. The zero-order chi connectivity index (χ0) is 17.6. The second-order valence-corrected chi connectivity index (χ2v) is 7.54. The van der Waals surface area contributed by atoms with Crippen molar-refractivity contribution in [3.63, 3.8) is 0 Å². The summed E-state index contributed by atoms with van der Waals surface area (Å²) in [6.45, 7) is 3.46. The fourth-order valence-corrected chi connectivity index (χ4v) is 4.08. The summed E-state index contributed by atoms with van der Waals surface area (Å²) in [7, 11) is 2.08. The van der Waals surface area contributed by atoms with E-state index in [-0.39, 0.29) is 0 Å². The molecule has 0 amide bonds. The van der Waals surface area contributed by atoms with Crippen molar-refractivity contribution in [1.82, 2.24) is 9.80 Å². The summed E-state index contributed by atoms with van der Waals surface area (Å²) in [5.41, 5.74) is 1.10. The van der Waals surface area contributed by atoms with Gasteiger partial charge in [-0.1, -0.05) is 48.2 Å². The molecule has 25 heavy (non-hydrogen) atoms. The van der Waals surface area contributed by atoms with Crippen molar-refractivity contribution >= 4 is 17.7 Å². The number of nitrogens with zero attached hydrogens (tertiary/aromatic N) is 2. The first-order valence-electron chi connectivity index (χ1n) is 8.59. The molecule has 0 aliphatic carbocycles. The molecule has 1 atom stereocenters. The van der Waals surface area contributed by atoms with Gasteiger partial charge >= 0.3 is 5.97 Å². The average molecular weight is 356 g/mol. The fraction of sp³-hybridized carbons (Fsp3) is 0.350. The van der Waals surface area contributed by atoms with Crippen LogP contribution >= 0.6 is 11.8 Å². The Balaban J connectivity index is 1.77. The highest BCUT2D eigenvalue weighted by Gasteiger charge is 2.28. The van der Waals surface area contributed by atoms with Crippen LogP contribution in [0.4, 0.5) is 0 Å². The molecule has 1 saturated heterocycles. The van der Waals surface area contributed by atoms with Crippen LogP contribution in [0.5, 0.6) is 0 Å².